The molecule has 0 aromatic heterocycles. The molecule has 0 fully saturated rings. The predicted octanol–water partition coefficient (Wildman–Crippen LogP) is 2.36. The molecule has 2 atom stereocenters. The molecule has 0 aliphatic heterocycles. The van der Waals surface area contributed by atoms with Crippen molar-refractivity contribution in [2.75, 3.05) is 14.2 Å². The van der Waals surface area contributed by atoms with E-state index in [9.17, 15) is 0 Å². The molecule has 0 saturated carbocycles. The Bertz CT molecular complexity index is 141. The highest BCUT2D eigenvalue weighted by Crippen LogP contribution is 2.13. The molecule has 0 rings (SSSR count). The summed E-state index contributed by atoms with van der Waals surface area (Å²) in [7, 11) is 3.75. The lowest BCUT2D eigenvalue weighted by Gasteiger charge is -2.25. The smallest absolute Gasteiger partial charge is 0.0724 e. The molecule has 0 aromatic carbocycles. The van der Waals surface area contributed by atoms with Gasteiger partial charge in [-0.05, 0) is 26.3 Å². The first-order chi connectivity index (χ1) is 6.19. The Balaban J connectivity index is 4.06. The lowest BCUT2D eigenvalue weighted by Crippen LogP contribution is -2.38. The van der Waals surface area contributed by atoms with Crippen LogP contribution >= 0.6 is 0 Å². The largest absolute Gasteiger partial charge is 0.380 e. The van der Waals surface area contributed by atoms with Gasteiger partial charge in [0.1, 0.15) is 0 Å². The average Bonchev–Trinajstić information content (AvgIpc) is 2.17. The molecule has 2 nitrogen and oxygen atoms in total. The van der Waals surface area contributed by atoms with E-state index in [0.717, 1.165) is 19.3 Å². The zero-order chi connectivity index (χ0) is 10.3. The quantitative estimate of drug-likeness (QED) is 0.615. The van der Waals surface area contributed by atoms with Gasteiger partial charge in [0, 0.05) is 13.2 Å². The summed E-state index contributed by atoms with van der Waals surface area (Å²) >= 11 is 0. The molecule has 0 spiro atoms. The number of rotatable bonds is 7. The SMILES string of the molecule is C=C(CC)CC(NC)C(CC)OC. The van der Waals surface area contributed by atoms with Crippen LogP contribution in [0, 0.1) is 0 Å². The summed E-state index contributed by atoms with van der Waals surface area (Å²) in [5.74, 6) is 0. The fraction of sp³-hybridized carbons (Fsp3) is 0.818. The zero-order valence-corrected chi connectivity index (χ0v) is 9.39. The van der Waals surface area contributed by atoms with Crippen LogP contribution in [0.4, 0.5) is 0 Å². The van der Waals surface area contributed by atoms with Crippen molar-refractivity contribution in [2.24, 2.45) is 0 Å². The Labute approximate surface area is 82.4 Å². The van der Waals surface area contributed by atoms with Crippen LogP contribution in [0.2, 0.25) is 0 Å². The molecule has 2 heteroatoms. The van der Waals surface area contributed by atoms with E-state index in [1.165, 1.54) is 5.57 Å². The van der Waals surface area contributed by atoms with Crippen molar-refractivity contribution in [3.63, 3.8) is 0 Å². The molecule has 0 aliphatic rings. The Hall–Kier alpha value is -0.340. The first kappa shape index (κ1) is 12.7. The van der Waals surface area contributed by atoms with Crippen molar-refractivity contribution in [1.82, 2.24) is 5.32 Å². The molecule has 0 heterocycles. The fourth-order valence-electron chi connectivity index (χ4n) is 1.49. The Morgan fingerprint density at radius 3 is 2.38 bits per heavy atom. The first-order valence-corrected chi connectivity index (χ1v) is 5.06. The van der Waals surface area contributed by atoms with E-state index in [0.29, 0.717) is 12.1 Å². The Morgan fingerprint density at radius 2 is 2.08 bits per heavy atom. The van der Waals surface area contributed by atoms with Gasteiger partial charge in [0.15, 0.2) is 0 Å². The van der Waals surface area contributed by atoms with E-state index in [4.69, 9.17) is 4.74 Å². The van der Waals surface area contributed by atoms with Gasteiger partial charge in [-0.1, -0.05) is 26.0 Å². The van der Waals surface area contributed by atoms with Crippen molar-refractivity contribution < 1.29 is 4.74 Å². The van der Waals surface area contributed by atoms with E-state index < -0.39 is 0 Å². The lowest BCUT2D eigenvalue weighted by molar-refractivity contribution is 0.0676. The molecule has 0 bridgehead atoms. The molecule has 2 unspecified atom stereocenters. The third kappa shape index (κ3) is 4.44. The van der Waals surface area contributed by atoms with Crippen LogP contribution in [-0.2, 0) is 4.74 Å². The van der Waals surface area contributed by atoms with Crippen molar-refractivity contribution >= 4 is 0 Å². The summed E-state index contributed by atoms with van der Waals surface area (Å²) in [6.45, 7) is 8.30. The predicted molar refractivity (Wildman–Crippen MR) is 58.0 cm³/mol. The van der Waals surface area contributed by atoms with Crippen LogP contribution in [0.25, 0.3) is 0 Å². The average molecular weight is 185 g/mol. The van der Waals surface area contributed by atoms with Gasteiger partial charge in [-0.2, -0.15) is 0 Å². The maximum Gasteiger partial charge on any atom is 0.0724 e. The second-order valence-corrected chi connectivity index (χ2v) is 3.39. The molecule has 0 saturated heterocycles. The van der Waals surface area contributed by atoms with Gasteiger partial charge in [0.05, 0.1) is 6.10 Å². The van der Waals surface area contributed by atoms with Gasteiger partial charge in [-0.25, -0.2) is 0 Å². The van der Waals surface area contributed by atoms with E-state index in [1.807, 2.05) is 7.05 Å². The highest BCUT2D eigenvalue weighted by atomic mass is 16.5. The van der Waals surface area contributed by atoms with Gasteiger partial charge in [-0.15, -0.1) is 0 Å². The fourth-order valence-corrected chi connectivity index (χ4v) is 1.49. The number of methoxy groups -OCH3 is 1. The maximum absolute atomic E-state index is 5.39. The summed E-state index contributed by atoms with van der Waals surface area (Å²) in [5, 5.41) is 3.28. The van der Waals surface area contributed by atoms with Gasteiger partial charge < -0.3 is 10.1 Å². The van der Waals surface area contributed by atoms with Crippen LogP contribution in [0.3, 0.4) is 0 Å². The standard InChI is InChI=1S/C11H23NO/c1-6-9(3)8-10(12-4)11(7-2)13-5/h10-12H,3,6-8H2,1-2,4-5H3. The van der Waals surface area contributed by atoms with Crippen molar-refractivity contribution in [1.29, 1.82) is 0 Å². The molecule has 0 aliphatic carbocycles. The van der Waals surface area contributed by atoms with E-state index in [-0.39, 0.29) is 0 Å². The monoisotopic (exact) mass is 185 g/mol. The number of ether oxygens (including phenoxy) is 1. The molecule has 78 valence electrons. The zero-order valence-electron chi connectivity index (χ0n) is 9.39. The summed E-state index contributed by atoms with van der Waals surface area (Å²) in [5.41, 5.74) is 1.29. The van der Waals surface area contributed by atoms with E-state index >= 15 is 0 Å². The molecule has 0 amide bonds. The van der Waals surface area contributed by atoms with Crippen molar-refractivity contribution in [2.45, 2.75) is 45.3 Å². The second-order valence-electron chi connectivity index (χ2n) is 3.39. The second kappa shape index (κ2) is 7.10. The normalized spacial score (nSPS) is 15.4. The van der Waals surface area contributed by atoms with E-state index in [2.05, 4.69) is 25.7 Å². The third-order valence-electron chi connectivity index (χ3n) is 2.53. The number of hydrogen-bond acceptors (Lipinski definition) is 2. The summed E-state index contributed by atoms with van der Waals surface area (Å²) in [4.78, 5) is 0. The lowest BCUT2D eigenvalue weighted by atomic mass is 9.99. The van der Waals surface area contributed by atoms with Crippen LogP contribution < -0.4 is 5.32 Å². The molecule has 0 radical (unpaired) electrons. The van der Waals surface area contributed by atoms with Crippen LogP contribution in [0.5, 0.6) is 0 Å². The van der Waals surface area contributed by atoms with Crippen LogP contribution in [0.1, 0.15) is 33.1 Å². The minimum Gasteiger partial charge on any atom is -0.380 e. The van der Waals surface area contributed by atoms with Crippen LogP contribution in [-0.4, -0.2) is 26.3 Å². The summed E-state index contributed by atoms with van der Waals surface area (Å²) < 4.78 is 5.39. The molecule has 0 aromatic rings. The molecular weight excluding hydrogens is 162 g/mol. The van der Waals surface area contributed by atoms with Gasteiger partial charge in [-0.3, -0.25) is 0 Å². The van der Waals surface area contributed by atoms with Gasteiger partial charge in [0.25, 0.3) is 0 Å². The van der Waals surface area contributed by atoms with E-state index in [1.54, 1.807) is 7.11 Å². The van der Waals surface area contributed by atoms with Gasteiger partial charge in [0.2, 0.25) is 0 Å². The minimum atomic E-state index is 0.299. The Morgan fingerprint density at radius 1 is 1.46 bits per heavy atom. The number of hydrogen-bond donors (Lipinski definition) is 1. The third-order valence-corrected chi connectivity index (χ3v) is 2.53. The molecular formula is C11H23NO. The van der Waals surface area contributed by atoms with Crippen LogP contribution in [0.15, 0.2) is 12.2 Å². The number of nitrogens with one attached hydrogen (secondary N) is 1. The minimum absolute atomic E-state index is 0.299. The van der Waals surface area contributed by atoms with Crippen molar-refractivity contribution in [3.8, 4) is 0 Å². The maximum atomic E-state index is 5.39. The number of likely N-dealkylation sites (N-methyl/N-ethyl adjacent to an activating group) is 1. The summed E-state index contributed by atoms with van der Waals surface area (Å²) in [6.07, 6.45) is 3.41. The topological polar surface area (TPSA) is 21.3 Å². The highest BCUT2D eigenvalue weighted by Gasteiger charge is 2.17. The van der Waals surface area contributed by atoms with Gasteiger partial charge >= 0.3 is 0 Å². The Kier molecular flexibility index (Phi) is 6.92. The first-order valence-electron chi connectivity index (χ1n) is 5.06. The molecule has 13 heavy (non-hydrogen) atoms. The highest BCUT2D eigenvalue weighted by molar-refractivity contribution is 4.98. The molecule has 1 N–H and O–H groups in total. The van der Waals surface area contributed by atoms with Crippen molar-refractivity contribution in [3.05, 3.63) is 12.2 Å². The summed E-state index contributed by atoms with van der Waals surface area (Å²) in [6, 6.07) is 0.405.